The molecule has 0 radical (unpaired) electrons. The third kappa shape index (κ3) is 2.17. The minimum atomic E-state index is -4.40. The quantitative estimate of drug-likeness (QED) is 0.703. The average molecular weight is 329 g/mol. The summed E-state index contributed by atoms with van der Waals surface area (Å²) in [5.74, 6) is -0.358. The van der Waals surface area contributed by atoms with Gasteiger partial charge in [-0.25, -0.2) is 5.43 Å². The van der Waals surface area contributed by atoms with Gasteiger partial charge in [-0.2, -0.15) is 18.3 Å². The van der Waals surface area contributed by atoms with E-state index in [0.717, 1.165) is 17.6 Å². The molecule has 0 spiro atoms. The monoisotopic (exact) mass is 329 g/mol. The molecular weight excluding hydrogens is 319 g/mol. The van der Waals surface area contributed by atoms with Crippen molar-refractivity contribution in [1.82, 2.24) is 10.4 Å². The van der Waals surface area contributed by atoms with Crippen LogP contribution in [0.5, 0.6) is 0 Å². The number of hydrazone groups is 1. The summed E-state index contributed by atoms with van der Waals surface area (Å²) in [6.45, 7) is 0. The Morgan fingerprint density at radius 2 is 1.71 bits per heavy atom. The van der Waals surface area contributed by atoms with E-state index in [-0.39, 0.29) is 5.91 Å². The molecule has 2 N–H and O–H groups in total. The molecule has 24 heavy (non-hydrogen) atoms. The summed E-state index contributed by atoms with van der Waals surface area (Å²) in [5.41, 5.74) is 4.50. The largest absolute Gasteiger partial charge is 0.416 e. The first-order valence-electron chi connectivity index (χ1n) is 7.11. The Kier molecular flexibility index (Phi) is 2.99. The fraction of sp³-hybridized carbons (Fsp3) is 0.0588. The number of H-pyrrole nitrogens is 1. The van der Waals surface area contributed by atoms with Crippen molar-refractivity contribution in [2.24, 2.45) is 5.10 Å². The van der Waals surface area contributed by atoms with E-state index in [4.69, 9.17) is 0 Å². The van der Waals surface area contributed by atoms with E-state index in [0.29, 0.717) is 27.8 Å². The number of nitrogens with one attached hydrogen (secondary N) is 2. The molecule has 2 heterocycles. The fourth-order valence-corrected chi connectivity index (χ4v) is 2.83. The van der Waals surface area contributed by atoms with Crippen molar-refractivity contribution in [1.29, 1.82) is 0 Å². The summed E-state index contributed by atoms with van der Waals surface area (Å²) in [4.78, 5) is 15.2. The second-order valence-electron chi connectivity index (χ2n) is 5.41. The number of nitrogens with zero attached hydrogens (tertiary/aromatic N) is 1. The molecule has 3 aromatic rings. The first kappa shape index (κ1) is 14.5. The van der Waals surface area contributed by atoms with Gasteiger partial charge < -0.3 is 4.98 Å². The summed E-state index contributed by atoms with van der Waals surface area (Å²) in [6.07, 6.45) is -2.70. The number of carbonyl (C=O) groups excluding carboxylic acids is 1. The highest BCUT2D eigenvalue weighted by molar-refractivity contribution is 6.24. The van der Waals surface area contributed by atoms with Crippen LogP contribution in [0.15, 0.2) is 53.8 Å². The van der Waals surface area contributed by atoms with Crippen LogP contribution in [0, 0.1) is 0 Å². The first-order valence-corrected chi connectivity index (χ1v) is 7.11. The molecule has 1 aliphatic heterocycles. The number of aromatic nitrogens is 1. The van der Waals surface area contributed by atoms with Gasteiger partial charge in [0, 0.05) is 28.2 Å². The van der Waals surface area contributed by atoms with Gasteiger partial charge in [0.2, 0.25) is 0 Å². The van der Waals surface area contributed by atoms with Crippen LogP contribution < -0.4 is 5.43 Å². The van der Waals surface area contributed by atoms with Crippen LogP contribution in [0.25, 0.3) is 10.9 Å². The van der Waals surface area contributed by atoms with Gasteiger partial charge in [-0.3, -0.25) is 4.79 Å². The molecule has 0 saturated heterocycles. The summed E-state index contributed by atoms with van der Waals surface area (Å²) in [6, 6.07) is 9.95. The zero-order valence-electron chi connectivity index (χ0n) is 12.1. The second-order valence-corrected chi connectivity index (χ2v) is 5.41. The van der Waals surface area contributed by atoms with E-state index in [1.54, 1.807) is 18.3 Å². The van der Waals surface area contributed by atoms with E-state index in [1.807, 2.05) is 6.07 Å². The molecule has 0 bridgehead atoms. The summed E-state index contributed by atoms with van der Waals surface area (Å²) < 4.78 is 38.2. The number of rotatable bonds is 1. The van der Waals surface area contributed by atoms with E-state index < -0.39 is 11.7 Å². The van der Waals surface area contributed by atoms with Crippen LogP contribution in [0.2, 0.25) is 0 Å². The number of carbonyl (C=O) groups is 1. The highest BCUT2D eigenvalue weighted by Gasteiger charge is 2.30. The molecular formula is C17H10F3N3O. The van der Waals surface area contributed by atoms with Crippen LogP contribution in [0.1, 0.15) is 27.0 Å². The summed E-state index contributed by atoms with van der Waals surface area (Å²) in [5, 5.41) is 4.79. The molecule has 0 unspecified atom stereocenters. The lowest BCUT2D eigenvalue weighted by Crippen LogP contribution is -2.17. The van der Waals surface area contributed by atoms with Crippen LogP contribution in [-0.4, -0.2) is 16.6 Å². The number of halogens is 3. The van der Waals surface area contributed by atoms with Gasteiger partial charge in [0.25, 0.3) is 5.91 Å². The Labute approximate surface area is 134 Å². The molecule has 4 nitrogen and oxygen atoms in total. The van der Waals surface area contributed by atoms with Crippen LogP contribution in [-0.2, 0) is 6.18 Å². The van der Waals surface area contributed by atoms with Gasteiger partial charge in [0.1, 0.15) is 5.71 Å². The third-order valence-corrected chi connectivity index (χ3v) is 3.96. The zero-order valence-corrected chi connectivity index (χ0v) is 12.1. The van der Waals surface area contributed by atoms with Crippen LogP contribution >= 0.6 is 0 Å². The van der Waals surface area contributed by atoms with Crippen molar-refractivity contribution in [3.05, 3.63) is 70.9 Å². The van der Waals surface area contributed by atoms with E-state index in [1.165, 1.54) is 12.1 Å². The first-order chi connectivity index (χ1) is 11.4. The number of hydrogen-bond acceptors (Lipinski definition) is 2. The number of amides is 1. The Morgan fingerprint density at radius 1 is 0.958 bits per heavy atom. The average Bonchev–Trinajstić information content (AvgIpc) is 2.92. The Morgan fingerprint density at radius 3 is 2.42 bits per heavy atom. The minimum Gasteiger partial charge on any atom is -0.360 e. The Bertz CT molecular complexity index is 984. The van der Waals surface area contributed by atoms with Gasteiger partial charge in [-0.1, -0.05) is 18.2 Å². The molecule has 1 aliphatic rings. The smallest absolute Gasteiger partial charge is 0.360 e. The molecule has 0 atom stereocenters. The lowest BCUT2D eigenvalue weighted by atomic mass is 9.98. The summed E-state index contributed by atoms with van der Waals surface area (Å²) in [7, 11) is 0. The molecule has 120 valence electrons. The van der Waals surface area contributed by atoms with Crippen molar-refractivity contribution >= 4 is 22.5 Å². The zero-order chi connectivity index (χ0) is 16.9. The minimum absolute atomic E-state index is 0.358. The SMILES string of the molecule is O=C1NN=C(c2ccc(C(F)(F)F)cc2)c2c[nH]c3cccc1c23. The van der Waals surface area contributed by atoms with Crippen molar-refractivity contribution in [3.63, 3.8) is 0 Å². The molecule has 2 aromatic carbocycles. The van der Waals surface area contributed by atoms with Crippen molar-refractivity contribution < 1.29 is 18.0 Å². The molecule has 0 aliphatic carbocycles. The molecule has 7 heteroatoms. The maximum atomic E-state index is 12.7. The van der Waals surface area contributed by atoms with E-state index >= 15 is 0 Å². The Balaban J connectivity index is 1.88. The highest BCUT2D eigenvalue weighted by atomic mass is 19.4. The standard InChI is InChI=1S/C17H10F3N3O/c18-17(19,20)10-6-4-9(5-7-10)15-12-8-21-13-3-1-2-11(14(12)13)16(24)23-22-15/h1-8,21H,(H,23,24). The topological polar surface area (TPSA) is 57.2 Å². The number of aromatic amines is 1. The predicted octanol–water partition coefficient (Wildman–Crippen LogP) is 3.68. The number of benzene rings is 2. The van der Waals surface area contributed by atoms with Gasteiger partial charge >= 0.3 is 6.18 Å². The molecule has 1 aromatic heterocycles. The molecule has 4 rings (SSSR count). The van der Waals surface area contributed by atoms with Gasteiger partial charge in [0.05, 0.1) is 11.1 Å². The van der Waals surface area contributed by atoms with Gasteiger partial charge in [0.15, 0.2) is 0 Å². The maximum absolute atomic E-state index is 12.7. The van der Waals surface area contributed by atoms with Crippen molar-refractivity contribution in [2.45, 2.75) is 6.18 Å². The van der Waals surface area contributed by atoms with E-state index in [2.05, 4.69) is 15.5 Å². The van der Waals surface area contributed by atoms with Crippen LogP contribution in [0.4, 0.5) is 13.2 Å². The number of hydrogen-bond donors (Lipinski definition) is 2. The van der Waals surface area contributed by atoms with E-state index in [9.17, 15) is 18.0 Å². The lowest BCUT2D eigenvalue weighted by molar-refractivity contribution is -0.137. The second kappa shape index (κ2) is 4.95. The van der Waals surface area contributed by atoms with Gasteiger partial charge in [-0.15, -0.1) is 0 Å². The fourth-order valence-electron chi connectivity index (χ4n) is 2.83. The van der Waals surface area contributed by atoms with Crippen LogP contribution in [0.3, 0.4) is 0 Å². The molecule has 0 saturated carbocycles. The molecule has 1 amide bonds. The highest BCUT2D eigenvalue weighted by Crippen LogP contribution is 2.31. The maximum Gasteiger partial charge on any atom is 0.416 e. The predicted molar refractivity (Wildman–Crippen MR) is 82.8 cm³/mol. The third-order valence-electron chi connectivity index (χ3n) is 3.96. The van der Waals surface area contributed by atoms with Gasteiger partial charge in [-0.05, 0) is 24.3 Å². The lowest BCUT2D eigenvalue weighted by Gasteiger charge is -2.08. The van der Waals surface area contributed by atoms with Crippen molar-refractivity contribution in [2.75, 3.05) is 0 Å². The molecule has 0 fully saturated rings. The van der Waals surface area contributed by atoms with Crippen molar-refractivity contribution in [3.8, 4) is 0 Å². The Hall–Kier alpha value is -3.09. The normalized spacial score (nSPS) is 14.3. The summed E-state index contributed by atoms with van der Waals surface area (Å²) >= 11 is 0. The number of alkyl halides is 3.